The maximum absolute atomic E-state index is 11.5. The van der Waals surface area contributed by atoms with Crippen molar-refractivity contribution in [1.29, 1.82) is 0 Å². The molecule has 38 heavy (non-hydrogen) atoms. The number of nitrogens with zero attached hydrogens (tertiary/aromatic N) is 3. The first-order chi connectivity index (χ1) is 18.6. The van der Waals surface area contributed by atoms with Gasteiger partial charge in [0.05, 0.1) is 0 Å². The molecule has 2 aromatic carbocycles. The van der Waals surface area contributed by atoms with Crippen molar-refractivity contribution in [3.05, 3.63) is 82.4 Å². The van der Waals surface area contributed by atoms with E-state index in [0.29, 0.717) is 0 Å². The average Bonchev–Trinajstić information content (AvgIpc) is 3.27. The second-order valence-electron chi connectivity index (χ2n) is 10.8. The molecule has 0 atom stereocenters. The van der Waals surface area contributed by atoms with Gasteiger partial charge < -0.3 is 10.4 Å². The van der Waals surface area contributed by atoms with Gasteiger partial charge in [0.25, 0.3) is 0 Å². The molecule has 0 saturated heterocycles. The normalized spacial score (nSPS) is 13.4. The van der Waals surface area contributed by atoms with E-state index in [4.69, 9.17) is 0 Å². The van der Waals surface area contributed by atoms with E-state index in [1.807, 2.05) is 0 Å². The molecule has 0 N–H and O–H groups in total. The van der Waals surface area contributed by atoms with Crippen LogP contribution < -0.4 is 4.90 Å². The van der Waals surface area contributed by atoms with Gasteiger partial charge in [0.1, 0.15) is 0 Å². The van der Waals surface area contributed by atoms with Gasteiger partial charge >= 0.3 is 0 Å². The lowest BCUT2D eigenvalue weighted by molar-refractivity contribution is -0.344. The molecule has 206 valence electrons. The van der Waals surface area contributed by atoms with Gasteiger partial charge in [0, 0.05) is 41.6 Å². The molecule has 0 radical (unpaired) electrons. The summed E-state index contributed by atoms with van der Waals surface area (Å²) in [6.07, 6.45) is 18.6. The van der Waals surface area contributed by atoms with Crippen LogP contribution in [-0.2, 0) is 6.42 Å². The SMILES string of the molecule is CCCCCCCCCC1=C(c2ccc(CCCCCC)cc2)[N+](=[N-])C(c2ccc(N(CC)CC)cc2)=C1. The summed E-state index contributed by atoms with van der Waals surface area (Å²) in [5.41, 5.74) is 19.3. The number of anilines is 1. The third-order valence-electron chi connectivity index (χ3n) is 7.94. The first-order valence-electron chi connectivity index (χ1n) is 15.5. The predicted molar refractivity (Wildman–Crippen MR) is 165 cm³/mol. The number of hydrogen-bond donors (Lipinski definition) is 0. The molecule has 0 spiro atoms. The lowest BCUT2D eigenvalue weighted by Crippen LogP contribution is -2.21. The van der Waals surface area contributed by atoms with Crippen LogP contribution in [0.3, 0.4) is 0 Å². The fourth-order valence-corrected chi connectivity index (χ4v) is 5.54. The van der Waals surface area contributed by atoms with E-state index in [-0.39, 0.29) is 0 Å². The first-order valence-corrected chi connectivity index (χ1v) is 15.5. The summed E-state index contributed by atoms with van der Waals surface area (Å²) in [5.74, 6) is 0. The molecular formula is C35H51N3. The minimum atomic E-state index is 0.882. The molecule has 0 amide bonds. The van der Waals surface area contributed by atoms with Gasteiger partial charge in [0.15, 0.2) is 0 Å². The third kappa shape index (κ3) is 8.41. The molecule has 0 fully saturated rings. The molecule has 0 aromatic heterocycles. The van der Waals surface area contributed by atoms with Crippen LogP contribution in [0.15, 0.2) is 60.2 Å². The second-order valence-corrected chi connectivity index (χ2v) is 10.8. The topological polar surface area (TPSA) is 28.6 Å². The van der Waals surface area contributed by atoms with E-state index >= 15 is 0 Å². The summed E-state index contributed by atoms with van der Waals surface area (Å²) in [4.78, 5) is 2.35. The number of allylic oxidation sites excluding steroid dienone is 2. The zero-order valence-corrected chi connectivity index (χ0v) is 24.6. The van der Waals surface area contributed by atoms with Crippen molar-refractivity contribution in [1.82, 2.24) is 0 Å². The van der Waals surface area contributed by atoms with Crippen molar-refractivity contribution >= 4 is 17.1 Å². The number of unbranched alkanes of at least 4 members (excludes halogenated alkanes) is 9. The summed E-state index contributed by atoms with van der Waals surface area (Å²) >= 11 is 0. The Morgan fingerprint density at radius 3 is 1.74 bits per heavy atom. The zero-order chi connectivity index (χ0) is 27.2. The van der Waals surface area contributed by atoms with Crippen LogP contribution in [0.25, 0.3) is 16.9 Å². The van der Waals surface area contributed by atoms with Crippen LogP contribution in [0.5, 0.6) is 0 Å². The Morgan fingerprint density at radius 2 is 1.13 bits per heavy atom. The Morgan fingerprint density at radius 1 is 0.605 bits per heavy atom. The fourth-order valence-electron chi connectivity index (χ4n) is 5.54. The lowest BCUT2D eigenvalue weighted by Gasteiger charge is -2.21. The summed E-state index contributed by atoms with van der Waals surface area (Å²) in [6, 6.07) is 17.6. The highest BCUT2D eigenvalue weighted by Crippen LogP contribution is 2.38. The van der Waals surface area contributed by atoms with Gasteiger partial charge in [0.2, 0.25) is 11.4 Å². The van der Waals surface area contributed by atoms with Crippen molar-refractivity contribution in [3.8, 4) is 0 Å². The highest BCUT2D eigenvalue weighted by atomic mass is 15.2. The van der Waals surface area contributed by atoms with Crippen molar-refractivity contribution in [2.24, 2.45) is 0 Å². The lowest BCUT2D eigenvalue weighted by atomic mass is 9.99. The van der Waals surface area contributed by atoms with Crippen LogP contribution in [0.1, 0.15) is 121 Å². The highest BCUT2D eigenvalue weighted by molar-refractivity contribution is 5.78. The van der Waals surface area contributed by atoms with Gasteiger partial charge in [-0.1, -0.05) is 83.8 Å². The van der Waals surface area contributed by atoms with Crippen LogP contribution in [0.2, 0.25) is 0 Å². The highest BCUT2D eigenvalue weighted by Gasteiger charge is 2.28. The maximum Gasteiger partial charge on any atom is 0.210 e. The number of rotatable bonds is 18. The third-order valence-corrected chi connectivity index (χ3v) is 7.94. The van der Waals surface area contributed by atoms with Gasteiger partial charge in [-0.3, -0.25) is 0 Å². The molecule has 1 aliphatic rings. The Hall–Kier alpha value is -2.68. The largest absolute Gasteiger partial charge is 0.493 e. The van der Waals surface area contributed by atoms with Gasteiger partial charge in [-0.15, -0.1) is 0 Å². The molecule has 1 heterocycles. The molecule has 3 heteroatoms. The van der Waals surface area contributed by atoms with E-state index < -0.39 is 0 Å². The van der Waals surface area contributed by atoms with Crippen molar-refractivity contribution < 1.29 is 4.70 Å². The van der Waals surface area contributed by atoms with Crippen LogP contribution >= 0.6 is 0 Å². The predicted octanol–water partition coefficient (Wildman–Crippen LogP) is 10.6. The number of benzene rings is 2. The molecule has 0 unspecified atom stereocenters. The molecule has 3 nitrogen and oxygen atoms in total. The molecule has 0 bridgehead atoms. The molecule has 1 aliphatic heterocycles. The quantitative estimate of drug-likeness (QED) is 0.144. The summed E-state index contributed by atoms with van der Waals surface area (Å²) in [7, 11) is 0. The Bertz CT molecular complexity index is 1040. The second kappa shape index (κ2) is 16.3. The van der Waals surface area contributed by atoms with E-state index in [1.165, 1.54) is 92.2 Å². The van der Waals surface area contributed by atoms with Crippen LogP contribution in [0.4, 0.5) is 5.69 Å². The van der Waals surface area contributed by atoms with Crippen molar-refractivity contribution in [3.63, 3.8) is 0 Å². The molecule has 3 rings (SSSR count). The minimum absolute atomic E-state index is 0.882. The van der Waals surface area contributed by atoms with Crippen LogP contribution in [-0.4, -0.2) is 17.8 Å². The van der Waals surface area contributed by atoms with E-state index in [2.05, 4.69) is 87.2 Å². The summed E-state index contributed by atoms with van der Waals surface area (Å²) in [6.45, 7) is 10.9. The summed E-state index contributed by atoms with van der Waals surface area (Å²) in [5, 5.41) is 0. The monoisotopic (exact) mass is 513 g/mol. The van der Waals surface area contributed by atoms with Crippen molar-refractivity contribution in [2.45, 2.75) is 111 Å². The van der Waals surface area contributed by atoms with Gasteiger partial charge in [-0.05, 0) is 81.5 Å². The fraction of sp³-hybridized carbons (Fsp3) is 0.543. The smallest absolute Gasteiger partial charge is 0.210 e. The zero-order valence-electron chi connectivity index (χ0n) is 24.6. The van der Waals surface area contributed by atoms with E-state index in [9.17, 15) is 5.53 Å². The summed E-state index contributed by atoms with van der Waals surface area (Å²) < 4.78 is 1.44. The van der Waals surface area contributed by atoms with Crippen molar-refractivity contribution in [2.75, 3.05) is 18.0 Å². The Labute approximate surface area is 233 Å². The molecule has 2 aromatic rings. The maximum atomic E-state index is 11.5. The van der Waals surface area contributed by atoms with Gasteiger partial charge in [-0.2, -0.15) is 0 Å². The number of hydrogen-bond acceptors (Lipinski definition) is 1. The minimum Gasteiger partial charge on any atom is -0.493 e. The number of aryl methyl sites for hydroxylation is 1. The molecule has 0 aliphatic carbocycles. The average molecular weight is 514 g/mol. The van der Waals surface area contributed by atoms with E-state index in [0.717, 1.165) is 48.5 Å². The van der Waals surface area contributed by atoms with Crippen LogP contribution in [0, 0.1) is 0 Å². The standard InChI is InChI=1S/C35H51N3/c1-5-9-11-13-14-15-17-19-32-28-34(30-24-26-33(27-25-30)37(7-3)8-4)38(36)35(32)31-22-20-29(21-23-31)18-16-12-10-6-2/h20-28H,5-19H2,1-4H3. The Kier molecular flexibility index (Phi) is 12.8. The van der Waals surface area contributed by atoms with Gasteiger partial charge in [-0.25, -0.2) is 4.70 Å². The first kappa shape index (κ1) is 29.9. The molecular weight excluding hydrogens is 462 g/mol. The molecule has 0 saturated carbocycles. The Balaban J connectivity index is 1.76. The van der Waals surface area contributed by atoms with E-state index in [1.54, 1.807) is 0 Å².